The van der Waals surface area contributed by atoms with Gasteiger partial charge in [0.25, 0.3) is 0 Å². The second kappa shape index (κ2) is 6.63. The normalized spacial score (nSPS) is 12.3. The van der Waals surface area contributed by atoms with Crippen molar-refractivity contribution in [2.24, 2.45) is 5.10 Å². The highest BCUT2D eigenvalue weighted by Crippen LogP contribution is 2.32. The first-order chi connectivity index (χ1) is 12.3. The van der Waals surface area contributed by atoms with Gasteiger partial charge in [0.15, 0.2) is 11.5 Å². The lowest BCUT2D eigenvalue weighted by Gasteiger charge is -1.98. The van der Waals surface area contributed by atoms with Gasteiger partial charge in [-0.05, 0) is 35.9 Å². The highest BCUT2D eigenvalue weighted by atomic mass is 32.1. The lowest BCUT2D eigenvalue weighted by atomic mass is 10.1. The summed E-state index contributed by atoms with van der Waals surface area (Å²) in [6.07, 6.45) is 1.70. The quantitative estimate of drug-likeness (QED) is 0.572. The topological polar surface area (TPSA) is 79.5 Å². The zero-order chi connectivity index (χ0) is 17.1. The van der Waals surface area contributed by atoms with E-state index in [1.165, 1.54) is 11.3 Å². The van der Waals surface area contributed by atoms with Crippen molar-refractivity contribution in [3.05, 3.63) is 59.0 Å². The molecule has 1 aromatic heterocycles. The summed E-state index contributed by atoms with van der Waals surface area (Å²) in [6, 6.07) is 15.1. The maximum atomic E-state index is 8.84. The number of nitrogens with zero attached hydrogens (tertiary/aromatic N) is 3. The Morgan fingerprint density at radius 3 is 2.84 bits per heavy atom. The number of nitrogens with one attached hydrogen (secondary N) is 1. The van der Waals surface area contributed by atoms with Gasteiger partial charge in [-0.25, -0.2) is 4.98 Å². The smallest absolute Gasteiger partial charge is 0.231 e. The second-order valence-electron chi connectivity index (χ2n) is 5.21. The van der Waals surface area contributed by atoms with Crippen molar-refractivity contribution in [2.75, 3.05) is 12.2 Å². The van der Waals surface area contributed by atoms with E-state index in [9.17, 15) is 0 Å². The molecule has 0 saturated carbocycles. The molecule has 2 aromatic carbocycles. The number of ether oxygens (including phenoxy) is 2. The predicted octanol–water partition coefficient (Wildman–Crippen LogP) is 3.86. The van der Waals surface area contributed by atoms with Crippen LogP contribution in [0.1, 0.15) is 11.1 Å². The highest BCUT2D eigenvalue weighted by molar-refractivity contribution is 7.14. The number of nitriles is 1. The highest BCUT2D eigenvalue weighted by Gasteiger charge is 2.12. The summed E-state index contributed by atoms with van der Waals surface area (Å²) in [7, 11) is 0. The first-order valence-corrected chi connectivity index (χ1v) is 8.34. The third-order valence-electron chi connectivity index (χ3n) is 3.58. The van der Waals surface area contributed by atoms with E-state index in [4.69, 9.17) is 14.7 Å². The molecule has 1 aliphatic heterocycles. The Morgan fingerprint density at radius 2 is 2.00 bits per heavy atom. The molecule has 122 valence electrons. The van der Waals surface area contributed by atoms with E-state index in [1.807, 2.05) is 35.7 Å². The van der Waals surface area contributed by atoms with Gasteiger partial charge in [0.05, 0.1) is 23.5 Å². The Morgan fingerprint density at radius 1 is 1.16 bits per heavy atom. The Kier molecular flexibility index (Phi) is 4.02. The maximum Gasteiger partial charge on any atom is 0.231 e. The molecule has 4 rings (SSSR count). The van der Waals surface area contributed by atoms with Crippen LogP contribution in [0, 0.1) is 11.3 Å². The van der Waals surface area contributed by atoms with Gasteiger partial charge in [-0.15, -0.1) is 11.3 Å². The number of hydrazone groups is 1. The molecule has 2 heterocycles. The van der Waals surface area contributed by atoms with Gasteiger partial charge in [-0.3, -0.25) is 5.43 Å². The van der Waals surface area contributed by atoms with Crippen LogP contribution in [0.2, 0.25) is 0 Å². The molecular weight excluding hydrogens is 336 g/mol. The van der Waals surface area contributed by atoms with Crippen LogP contribution in [0.25, 0.3) is 11.3 Å². The molecule has 0 radical (unpaired) electrons. The molecule has 6 nitrogen and oxygen atoms in total. The molecule has 7 heteroatoms. The van der Waals surface area contributed by atoms with Crippen LogP contribution < -0.4 is 14.9 Å². The minimum absolute atomic E-state index is 0.255. The Balaban J connectivity index is 1.43. The lowest BCUT2D eigenvalue weighted by molar-refractivity contribution is 0.174. The van der Waals surface area contributed by atoms with Crippen molar-refractivity contribution in [3.63, 3.8) is 0 Å². The van der Waals surface area contributed by atoms with Crippen molar-refractivity contribution >= 4 is 22.7 Å². The number of anilines is 1. The molecule has 0 unspecified atom stereocenters. The van der Waals surface area contributed by atoms with Gasteiger partial charge >= 0.3 is 0 Å². The zero-order valence-corrected chi connectivity index (χ0v) is 13.8. The van der Waals surface area contributed by atoms with Crippen molar-refractivity contribution in [3.8, 4) is 28.8 Å². The number of hydrogen-bond acceptors (Lipinski definition) is 7. The second-order valence-corrected chi connectivity index (χ2v) is 6.07. The molecular formula is C18H12N4O2S. The van der Waals surface area contributed by atoms with E-state index in [0.29, 0.717) is 10.7 Å². The average molecular weight is 348 g/mol. The van der Waals surface area contributed by atoms with Crippen LogP contribution in [-0.4, -0.2) is 18.0 Å². The van der Waals surface area contributed by atoms with Gasteiger partial charge < -0.3 is 9.47 Å². The summed E-state index contributed by atoms with van der Waals surface area (Å²) < 4.78 is 10.6. The number of rotatable bonds is 4. The fourth-order valence-electron chi connectivity index (χ4n) is 2.33. The number of aromatic nitrogens is 1. The van der Waals surface area contributed by atoms with Gasteiger partial charge in [-0.2, -0.15) is 10.4 Å². The molecule has 0 spiro atoms. The average Bonchev–Trinajstić information content (AvgIpc) is 3.31. The van der Waals surface area contributed by atoms with E-state index in [1.54, 1.807) is 18.3 Å². The van der Waals surface area contributed by atoms with E-state index >= 15 is 0 Å². The molecule has 0 saturated heterocycles. The minimum atomic E-state index is 0.255. The lowest BCUT2D eigenvalue weighted by Crippen LogP contribution is -1.93. The third-order valence-corrected chi connectivity index (χ3v) is 4.33. The predicted molar refractivity (Wildman–Crippen MR) is 96.0 cm³/mol. The molecule has 3 aromatic rings. The van der Waals surface area contributed by atoms with Gasteiger partial charge in [0.2, 0.25) is 11.9 Å². The molecule has 1 aliphatic rings. The fraction of sp³-hybridized carbons (Fsp3) is 0.0556. The van der Waals surface area contributed by atoms with E-state index in [-0.39, 0.29) is 6.79 Å². The van der Waals surface area contributed by atoms with Crippen LogP contribution in [0.3, 0.4) is 0 Å². The molecule has 0 atom stereocenters. The fourth-order valence-corrected chi connectivity index (χ4v) is 3.00. The third kappa shape index (κ3) is 3.29. The summed E-state index contributed by atoms with van der Waals surface area (Å²) in [6.45, 7) is 0.255. The van der Waals surface area contributed by atoms with Crippen LogP contribution in [0.15, 0.2) is 52.9 Å². The minimum Gasteiger partial charge on any atom is -0.454 e. The summed E-state index contributed by atoms with van der Waals surface area (Å²) in [5.74, 6) is 1.47. The van der Waals surface area contributed by atoms with Gasteiger partial charge in [-0.1, -0.05) is 12.1 Å². The Hall–Kier alpha value is -3.37. The van der Waals surface area contributed by atoms with Gasteiger partial charge in [0.1, 0.15) is 0 Å². The summed E-state index contributed by atoms with van der Waals surface area (Å²) in [4.78, 5) is 4.49. The maximum absolute atomic E-state index is 8.84. The number of thiazole rings is 1. The van der Waals surface area contributed by atoms with Crippen molar-refractivity contribution in [1.82, 2.24) is 4.98 Å². The van der Waals surface area contributed by atoms with Crippen LogP contribution >= 0.6 is 11.3 Å². The molecule has 0 aliphatic carbocycles. The summed E-state index contributed by atoms with van der Waals surface area (Å²) >= 11 is 1.46. The van der Waals surface area contributed by atoms with Crippen molar-refractivity contribution in [2.45, 2.75) is 0 Å². The largest absolute Gasteiger partial charge is 0.454 e. The molecule has 0 fully saturated rings. The molecule has 0 bridgehead atoms. The van der Waals surface area contributed by atoms with Crippen LogP contribution in [-0.2, 0) is 0 Å². The SMILES string of the molecule is N#Cc1ccc(-c2csc(N/N=C/c3ccc4c(c3)OCO4)n2)cc1. The molecule has 1 N–H and O–H groups in total. The Labute approximate surface area is 148 Å². The van der Waals surface area contributed by atoms with E-state index < -0.39 is 0 Å². The monoisotopic (exact) mass is 348 g/mol. The first-order valence-electron chi connectivity index (χ1n) is 7.46. The summed E-state index contributed by atoms with van der Waals surface area (Å²) in [5, 5.41) is 15.7. The molecule has 25 heavy (non-hydrogen) atoms. The molecule has 0 amide bonds. The van der Waals surface area contributed by atoms with Crippen LogP contribution in [0.4, 0.5) is 5.13 Å². The van der Waals surface area contributed by atoms with E-state index in [0.717, 1.165) is 28.3 Å². The van der Waals surface area contributed by atoms with Crippen molar-refractivity contribution < 1.29 is 9.47 Å². The number of fused-ring (bicyclic) bond motifs is 1. The zero-order valence-electron chi connectivity index (χ0n) is 13.0. The van der Waals surface area contributed by atoms with Gasteiger partial charge in [0, 0.05) is 10.9 Å². The van der Waals surface area contributed by atoms with E-state index in [2.05, 4.69) is 21.6 Å². The van der Waals surface area contributed by atoms with Crippen LogP contribution in [0.5, 0.6) is 11.5 Å². The standard InChI is InChI=1S/C18H12N4O2S/c19-8-12-1-4-14(5-2-12)15-10-25-18(21-15)22-20-9-13-3-6-16-17(7-13)24-11-23-16/h1-7,9-10H,11H2,(H,21,22)/b20-9+. The number of hydrogen-bond donors (Lipinski definition) is 1. The summed E-state index contributed by atoms with van der Waals surface area (Å²) in [5.41, 5.74) is 6.26. The number of benzene rings is 2. The van der Waals surface area contributed by atoms with Crippen molar-refractivity contribution in [1.29, 1.82) is 5.26 Å². The Bertz CT molecular complexity index is 973. The first kappa shape index (κ1) is 15.2.